The molecule has 0 fully saturated rings. The van der Waals surface area contributed by atoms with E-state index in [0.717, 1.165) is 15.8 Å². The maximum atomic E-state index is 11.7. The van der Waals surface area contributed by atoms with Gasteiger partial charge in [-0.05, 0) is 22.9 Å². The number of thiophene rings is 2. The summed E-state index contributed by atoms with van der Waals surface area (Å²) in [7, 11) is 0. The van der Waals surface area contributed by atoms with E-state index >= 15 is 0 Å². The molecule has 0 bridgehead atoms. The lowest BCUT2D eigenvalue weighted by Gasteiger charge is -2.00. The van der Waals surface area contributed by atoms with Crippen molar-refractivity contribution in [3.05, 3.63) is 50.9 Å². The number of carbonyl (C=O) groups is 1. The first kappa shape index (κ1) is 11.0. The molecule has 16 heavy (non-hydrogen) atoms. The van der Waals surface area contributed by atoms with Gasteiger partial charge in [0.25, 0.3) is 0 Å². The number of hydrogen-bond acceptors (Lipinski definition) is 4. The molecule has 0 aliphatic heterocycles. The van der Waals surface area contributed by atoms with E-state index in [1.807, 2.05) is 35.0 Å². The Kier molecular flexibility index (Phi) is 3.48. The minimum absolute atomic E-state index is 0.688. The second kappa shape index (κ2) is 5.05. The molecule has 2 rings (SSSR count). The minimum Gasteiger partial charge on any atom is -0.250 e. The molecule has 0 aliphatic carbocycles. The molecule has 0 amide bonds. The van der Waals surface area contributed by atoms with Crippen LogP contribution in [0.2, 0.25) is 0 Å². The van der Waals surface area contributed by atoms with Gasteiger partial charge < -0.3 is 0 Å². The maximum Gasteiger partial charge on any atom is 0.373 e. The summed E-state index contributed by atoms with van der Waals surface area (Å²) in [5.74, 6) is -0.989. The van der Waals surface area contributed by atoms with Gasteiger partial charge in [-0.3, -0.25) is 4.94 Å². The fourth-order valence-electron chi connectivity index (χ4n) is 1.27. The molecule has 0 saturated carbocycles. The van der Waals surface area contributed by atoms with Crippen molar-refractivity contribution in [3.63, 3.8) is 0 Å². The first-order valence-electron chi connectivity index (χ1n) is 4.43. The summed E-state index contributed by atoms with van der Waals surface area (Å²) in [6.07, 6.45) is 1.16. The molecule has 0 radical (unpaired) electrons. The van der Waals surface area contributed by atoms with E-state index in [1.165, 1.54) is 22.7 Å². The highest BCUT2D eigenvalue weighted by atomic mass is 32.1. The van der Waals surface area contributed by atoms with Gasteiger partial charge in [0.15, 0.2) is 0 Å². The first-order chi connectivity index (χ1) is 7.81. The second-order valence-electron chi connectivity index (χ2n) is 2.91. The van der Waals surface area contributed by atoms with Crippen LogP contribution < -0.4 is 0 Å². The summed E-state index contributed by atoms with van der Waals surface area (Å²) >= 11 is 2.98. The van der Waals surface area contributed by atoms with Gasteiger partial charge >= 0.3 is 5.97 Å². The third-order valence-electron chi connectivity index (χ3n) is 1.91. The van der Waals surface area contributed by atoms with Crippen LogP contribution in [0.15, 0.2) is 41.1 Å². The highest BCUT2D eigenvalue weighted by Gasteiger charge is 2.10. The molecule has 2 nitrogen and oxygen atoms in total. The first-order valence-corrected chi connectivity index (χ1v) is 6.19. The monoisotopic (exact) mass is 254 g/mol. The summed E-state index contributed by atoms with van der Waals surface area (Å²) in [5.41, 5.74) is 0.688. The van der Waals surface area contributed by atoms with Crippen molar-refractivity contribution in [2.75, 3.05) is 0 Å². The predicted molar refractivity (Wildman–Crippen MR) is 62.9 cm³/mol. The molecule has 0 atom stereocenters. The Labute approximate surface area is 99.5 Å². The average molecular weight is 254 g/mol. The van der Waals surface area contributed by atoms with Crippen molar-refractivity contribution in [1.29, 1.82) is 0 Å². The topological polar surface area (TPSA) is 26.3 Å². The quantitative estimate of drug-likeness (QED) is 0.781. The van der Waals surface area contributed by atoms with Crippen LogP contribution in [0.4, 0.5) is 4.53 Å². The van der Waals surface area contributed by atoms with Crippen LogP contribution in [0, 0.1) is 0 Å². The summed E-state index contributed by atoms with van der Waals surface area (Å²) < 4.78 is 11.7. The van der Waals surface area contributed by atoms with Crippen LogP contribution in [0.3, 0.4) is 0 Å². The van der Waals surface area contributed by atoms with E-state index in [9.17, 15) is 9.32 Å². The summed E-state index contributed by atoms with van der Waals surface area (Å²) in [6.45, 7) is 0. The van der Waals surface area contributed by atoms with Gasteiger partial charge in [0.1, 0.15) is 0 Å². The molecule has 0 aliphatic rings. The van der Waals surface area contributed by atoms with Gasteiger partial charge in [-0.2, -0.15) is 0 Å². The average Bonchev–Trinajstić information content (AvgIpc) is 2.97. The molecular formula is C11H7FO2S2. The summed E-state index contributed by atoms with van der Waals surface area (Å²) in [4.78, 5) is 15.9. The molecule has 2 aromatic rings. The Morgan fingerprint density at radius 3 is 2.12 bits per heavy atom. The lowest BCUT2D eigenvalue weighted by molar-refractivity contribution is -0.176. The van der Waals surface area contributed by atoms with Crippen LogP contribution in [-0.2, 0) is 9.74 Å². The lowest BCUT2D eigenvalue weighted by atomic mass is 10.1. The maximum absolute atomic E-state index is 11.7. The highest BCUT2D eigenvalue weighted by molar-refractivity contribution is 7.13. The summed E-state index contributed by atoms with van der Waals surface area (Å²) in [6, 6.07) is 7.51. The zero-order valence-electron chi connectivity index (χ0n) is 8.05. The lowest BCUT2D eigenvalue weighted by Crippen LogP contribution is -1.93. The van der Waals surface area contributed by atoms with E-state index in [-0.39, 0.29) is 0 Å². The van der Waals surface area contributed by atoms with Crippen LogP contribution >= 0.6 is 22.7 Å². The zero-order chi connectivity index (χ0) is 11.4. The summed E-state index contributed by atoms with van der Waals surface area (Å²) in [5, 5.41) is 3.80. The molecular weight excluding hydrogens is 247 g/mol. The fourth-order valence-corrected chi connectivity index (χ4v) is 2.85. The number of halogens is 1. The molecule has 82 valence electrons. The van der Waals surface area contributed by atoms with Gasteiger partial charge in [0.2, 0.25) is 0 Å². The largest absolute Gasteiger partial charge is 0.373 e. The Balaban J connectivity index is 2.42. The van der Waals surface area contributed by atoms with Gasteiger partial charge in [-0.15, -0.1) is 22.7 Å². The number of rotatable bonds is 3. The van der Waals surface area contributed by atoms with Crippen molar-refractivity contribution in [1.82, 2.24) is 0 Å². The van der Waals surface area contributed by atoms with Crippen LogP contribution in [0.25, 0.3) is 5.57 Å². The van der Waals surface area contributed by atoms with E-state index in [4.69, 9.17) is 0 Å². The molecule has 0 aromatic carbocycles. The Morgan fingerprint density at radius 2 is 1.75 bits per heavy atom. The Morgan fingerprint density at radius 1 is 1.19 bits per heavy atom. The molecule has 0 unspecified atom stereocenters. The van der Waals surface area contributed by atoms with Gasteiger partial charge in [-0.25, -0.2) is 4.79 Å². The van der Waals surface area contributed by atoms with E-state index in [1.54, 1.807) is 0 Å². The smallest absolute Gasteiger partial charge is 0.250 e. The highest BCUT2D eigenvalue weighted by Crippen LogP contribution is 2.30. The third-order valence-corrected chi connectivity index (χ3v) is 3.72. The normalized spacial score (nSPS) is 9.81. The van der Waals surface area contributed by atoms with Crippen molar-refractivity contribution in [3.8, 4) is 0 Å². The molecule has 0 spiro atoms. The van der Waals surface area contributed by atoms with Crippen molar-refractivity contribution in [2.45, 2.75) is 0 Å². The van der Waals surface area contributed by atoms with Crippen molar-refractivity contribution < 1.29 is 14.3 Å². The number of hydrogen-bond donors (Lipinski definition) is 0. The Bertz CT molecular complexity index is 450. The second-order valence-corrected chi connectivity index (χ2v) is 4.80. The molecule has 0 N–H and O–H groups in total. The Hall–Kier alpha value is -1.46. The number of carbonyl (C=O) groups excluding carboxylic acids is 1. The predicted octanol–water partition coefficient (Wildman–Crippen LogP) is 3.67. The van der Waals surface area contributed by atoms with Gasteiger partial charge in [-0.1, -0.05) is 12.1 Å². The van der Waals surface area contributed by atoms with Crippen LogP contribution in [-0.4, -0.2) is 5.97 Å². The van der Waals surface area contributed by atoms with Crippen LogP contribution in [0.1, 0.15) is 9.75 Å². The minimum atomic E-state index is -0.989. The van der Waals surface area contributed by atoms with Crippen LogP contribution in [0.5, 0.6) is 0 Å². The molecule has 0 saturated heterocycles. The van der Waals surface area contributed by atoms with Gasteiger partial charge in [0, 0.05) is 25.9 Å². The molecule has 5 heteroatoms. The van der Waals surface area contributed by atoms with E-state index < -0.39 is 5.97 Å². The fraction of sp³-hybridized carbons (Fsp3) is 0. The van der Waals surface area contributed by atoms with Gasteiger partial charge in [0.05, 0.1) is 0 Å². The van der Waals surface area contributed by atoms with E-state index in [2.05, 4.69) is 4.94 Å². The standard InChI is InChI=1S/C11H7FO2S2/c12-14-11(13)7-8(9-3-1-5-15-9)10-4-2-6-16-10/h1-7H. The van der Waals surface area contributed by atoms with Crippen molar-refractivity contribution in [2.24, 2.45) is 0 Å². The van der Waals surface area contributed by atoms with Crippen molar-refractivity contribution >= 4 is 34.2 Å². The SMILES string of the molecule is O=C(C=C(c1cccs1)c1cccs1)OF. The zero-order valence-corrected chi connectivity index (χ0v) is 9.69. The third kappa shape index (κ3) is 2.37. The molecule has 2 heterocycles. The van der Waals surface area contributed by atoms with E-state index in [0.29, 0.717) is 5.57 Å². The molecule has 2 aromatic heterocycles.